The summed E-state index contributed by atoms with van der Waals surface area (Å²) in [5, 5.41) is 3.18. The van der Waals surface area contributed by atoms with Crippen LogP contribution in [0, 0.1) is 0 Å². The maximum atomic E-state index is 3.18. The van der Waals surface area contributed by atoms with Crippen LogP contribution < -0.4 is 5.32 Å². The molecule has 0 aromatic heterocycles. The van der Waals surface area contributed by atoms with E-state index in [1.54, 1.807) is 0 Å². The molecule has 64 valence electrons. The van der Waals surface area contributed by atoms with Crippen molar-refractivity contribution in [1.82, 2.24) is 5.32 Å². The van der Waals surface area contributed by atoms with Gasteiger partial charge in [0.25, 0.3) is 0 Å². The molecule has 0 saturated heterocycles. The van der Waals surface area contributed by atoms with E-state index in [4.69, 9.17) is 0 Å². The molecular weight excluding hydrogens is 146 g/mol. The number of nitrogens with one attached hydrogen (secondary N) is 1. The summed E-state index contributed by atoms with van der Waals surface area (Å²) in [6.07, 6.45) is 3.25. The third-order valence-corrected chi connectivity index (χ3v) is 1.76. The topological polar surface area (TPSA) is 12.0 Å². The van der Waals surface area contributed by atoms with Crippen LogP contribution in [0.2, 0.25) is 0 Å². The van der Waals surface area contributed by atoms with E-state index < -0.39 is 0 Å². The van der Waals surface area contributed by atoms with Crippen LogP contribution in [0.1, 0.15) is 18.9 Å². The molecule has 0 atom stereocenters. The van der Waals surface area contributed by atoms with E-state index in [-0.39, 0.29) is 0 Å². The Labute approximate surface area is 74.1 Å². The van der Waals surface area contributed by atoms with E-state index in [9.17, 15) is 0 Å². The second-order valence-corrected chi connectivity index (χ2v) is 2.64. The van der Waals surface area contributed by atoms with Gasteiger partial charge in [-0.05, 0) is 12.0 Å². The standard InChI is InChI=1S/C11H15N/c1-3-7-11(12-2)10-8-5-4-6-9-10/h4-9,12H,3H2,1-2H3/b11-7-. The average molecular weight is 161 g/mol. The molecule has 1 rings (SSSR count). The Morgan fingerprint density at radius 2 is 2.00 bits per heavy atom. The summed E-state index contributed by atoms with van der Waals surface area (Å²) < 4.78 is 0. The van der Waals surface area contributed by atoms with Gasteiger partial charge in [0, 0.05) is 12.7 Å². The fraction of sp³-hybridized carbons (Fsp3) is 0.273. The van der Waals surface area contributed by atoms with Crippen molar-refractivity contribution in [2.75, 3.05) is 7.05 Å². The Morgan fingerprint density at radius 1 is 1.33 bits per heavy atom. The molecule has 0 aliphatic heterocycles. The molecule has 0 heterocycles. The predicted octanol–water partition coefficient (Wildman–Crippen LogP) is 2.66. The van der Waals surface area contributed by atoms with E-state index in [2.05, 4.69) is 42.6 Å². The molecule has 0 aliphatic carbocycles. The van der Waals surface area contributed by atoms with Gasteiger partial charge in [0.15, 0.2) is 0 Å². The fourth-order valence-corrected chi connectivity index (χ4v) is 1.19. The van der Waals surface area contributed by atoms with Crippen molar-refractivity contribution in [2.24, 2.45) is 0 Å². The molecule has 1 N–H and O–H groups in total. The van der Waals surface area contributed by atoms with Crippen molar-refractivity contribution in [3.8, 4) is 0 Å². The van der Waals surface area contributed by atoms with Crippen LogP contribution in [-0.2, 0) is 0 Å². The molecule has 0 bridgehead atoms. The molecule has 1 aromatic carbocycles. The van der Waals surface area contributed by atoms with Gasteiger partial charge in [0.2, 0.25) is 0 Å². The lowest BCUT2D eigenvalue weighted by atomic mass is 10.1. The molecule has 1 heteroatoms. The van der Waals surface area contributed by atoms with Crippen molar-refractivity contribution in [3.63, 3.8) is 0 Å². The lowest BCUT2D eigenvalue weighted by Gasteiger charge is -2.05. The summed E-state index contributed by atoms with van der Waals surface area (Å²) in [6.45, 7) is 2.14. The highest BCUT2D eigenvalue weighted by molar-refractivity contribution is 5.63. The fourth-order valence-electron chi connectivity index (χ4n) is 1.19. The molecule has 1 aromatic rings. The summed E-state index contributed by atoms with van der Waals surface area (Å²) in [6, 6.07) is 10.4. The normalized spacial score (nSPS) is 11.3. The van der Waals surface area contributed by atoms with Crippen molar-refractivity contribution >= 4 is 5.70 Å². The van der Waals surface area contributed by atoms with Crippen molar-refractivity contribution in [1.29, 1.82) is 0 Å². The molecule has 0 fully saturated rings. The quantitative estimate of drug-likeness (QED) is 0.718. The van der Waals surface area contributed by atoms with Crippen LogP contribution in [-0.4, -0.2) is 7.05 Å². The molecule has 0 aliphatic rings. The van der Waals surface area contributed by atoms with Crippen molar-refractivity contribution < 1.29 is 0 Å². The van der Waals surface area contributed by atoms with Crippen molar-refractivity contribution in [3.05, 3.63) is 42.0 Å². The van der Waals surface area contributed by atoms with Gasteiger partial charge < -0.3 is 5.32 Å². The van der Waals surface area contributed by atoms with Crippen LogP contribution in [0.15, 0.2) is 36.4 Å². The lowest BCUT2D eigenvalue weighted by Crippen LogP contribution is -2.03. The first-order chi connectivity index (χ1) is 5.88. The number of benzene rings is 1. The molecule has 0 unspecified atom stereocenters. The van der Waals surface area contributed by atoms with Gasteiger partial charge in [-0.15, -0.1) is 0 Å². The Morgan fingerprint density at radius 3 is 2.50 bits per heavy atom. The summed E-state index contributed by atoms with van der Waals surface area (Å²) in [5.41, 5.74) is 2.46. The number of rotatable bonds is 3. The van der Waals surface area contributed by atoms with Crippen LogP contribution in [0.5, 0.6) is 0 Å². The monoisotopic (exact) mass is 161 g/mol. The highest BCUT2D eigenvalue weighted by atomic mass is 14.8. The zero-order chi connectivity index (χ0) is 8.81. The van der Waals surface area contributed by atoms with Gasteiger partial charge in [-0.2, -0.15) is 0 Å². The minimum absolute atomic E-state index is 1.06. The number of hydrogen-bond acceptors (Lipinski definition) is 1. The molecule has 12 heavy (non-hydrogen) atoms. The maximum absolute atomic E-state index is 3.18. The van der Waals surface area contributed by atoms with Gasteiger partial charge in [0.05, 0.1) is 0 Å². The Balaban J connectivity index is 2.88. The minimum atomic E-state index is 1.06. The Kier molecular flexibility index (Phi) is 3.39. The lowest BCUT2D eigenvalue weighted by molar-refractivity contribution is 1.10. The predicted molar refractivity (Wildman–Crippen MR) is 53.8 cm³/mol. The van der Waals surface area contributed by atoms with Crippen LogP contribution in [0.4, 0.5) is 0 Å². The van der Waals surface area contributed by atoms with E-state index in [1.807, 2.05) is 13.1 Å². The average Bonchev–Trinajstić information content (AvgIpc) is 2.15. The van der Waals surface area contributed by atoms with Gasteiger partial charge in [-0.1, -0.05) is 43.3 Å². The first kappa shape index (κ1) is 8.85. The summed E-state index contributed by atoms with van der Waals surface area (Å²) in [5.74, 6) is 0. The summed E-state index contributed by atoms with van der Waals surface area (Å²) in [7, 11) is 1.95. The first-order valence-electron chi connectivity index (χ1n) is 4.31. The zero-order valence-electron chi connectivity index (χ0n) is 7.67. The largest absolute Gasteiger partial charge is 0.388 e. The number of hydrogen-bond donors (Lipinski definition) is 1. The number of allylic oxidation sites excluding steroid dienone is 1. The second-order valence-electron chi connectivity index (χ2n) is 2.64. The smallest absolute Gasteiger partial charge is 0.0370 e. The molecule has 1 nitrogen and oxygen atoms in total. The van der Waals surface area contributed by atoms with Crippen LogP contribution in [0.3, 0.4) is 0 Å². The van der Waals surface area contributed by atoms with Gasteiger partial charge in [-0.3, -0.25) is 0 Å². The Hall–Kier alpha value is -1.24. The van der Waals surface area contributed by atoms with E-state index >= 15 is 0 Å². The van der Waals surface area contributed by atoms with E-state index in [0.29, 0.717) is 0 Å². The summed E-state index contributed by atoms with van der Waals surface area (Å²) in [4.78, 5) is 0. The van der Waals surface area contributed by atoms with E-state index in [1.165, 1.54) is 11.3 Å². The molecular formula is C11H15N. The molecule has 0 amide bonds. The third-order valence-electron chi connectivity index (χ3n) is 1.76. The van der Waals surface area contributed by atoms with Crippen LogP contribution in [0.25, 0.3) is 5.70 Å². The van der Waals surface area contributed by atoms with Gasteiger partial charge >= 0.3 is 0 Å². The Bertz CT molecular complexity index is 249. The first-order valence-corrected chi connectivity index (χ1v) is 4.31. The maximum Gasteiger partial charge on any atom is 0.0370 e. The highest BCUT2D eigenvalue weighted by Gasteiger charge is 1.94. The van der Waals surface area contributed by atoms with E-state index in [0.717, 1.165) is 6.42 Å². The van der Waals surface area contributed by atoms with Crippen molar-refractivity contribution in [2.45, 2.75) is 13.3 Å². The van der Waals surface area contributed by atoms with Gasteiger partial charge in [-0.25, -0.2) is 0 Å². The third kappa shape index (κ3) is 2.12. The SMILES string of the molecule is CC/C=C(\NC)c1ccccc1. The molecule has 0 saturated carbocycles. The van der Waals surface area contributed by atoms with Crippen LogP contribution >= 0.6 is 0 Å². The zero-order valence-corrected chi connectivity index (χ0v) is 7.67. The molecule has 0 radical (unpaired) electrons. The second kappa shape index (κ2) is 4.60. The minimum Gasteiger partial charge on any atom is -0.388 e. The molecule has 0 spiro atoms. The van der Waals surface area contributed by atoms with Gasteiger partial charge in [0.1, 0.15) is 0 Å². The highest BCUT2D eigenvalue weighted by Crippen LogP contribution is 2.10. The summed E-state index contributed by atoms with van der Waals surface area (Å²) >= 11 is 0.